The number of carbonyl (C=O) groups is 1. The second-order valence-corrected chi connectivity index (χ2v) is 6.02. The number of esters is 1. The first kappa shape index (κ1) is 19.2. The molecule has 0 bridgehead atoms. The number of benzene rings is 2. The van der Waals surface area contributed by atoms with E-state index in [9.17, 15) is 9.90 Å². The fraction of sp³-hybridized carbons (Fsp3) is 0.381. The molecular weight excluding hydrogens is 314 g/mol. The van der Waals surface area contributed by atoms with Crippen LogP contribution in [0.1, 0.15) is 30.9 Å². The van der Waals surface area contributed by atoms with Gasteiger partial charge in [0.25, 0.3) is 0 Å². The molecule has 4 heteroatoms. The Bertz CT molecular complexity index is 587. The van der Waals surface area contributed by atoms with E-state index >= 15 is 0 Å². The van der Waals surface area contributed by atoms with Crippen LogP contribution in [0.15, 0.2) is 60.7 Å². The van der Waals surface area contributed by atoms with Crippen molar-refractivity contribution in [2.24, 2.45) is 0 Å². The molecule has 0 unspecified atom stereocenters. The van der Waals surface area contributed by atoms with Gasteiger partial charge in [0.1, 0.15) is 18.6 Å². The maximum atomic E-state index is 12.7. The van der Waals surface area contributed by atoms with Crippen LogP contribution in [-0.2, 0) is 9.53 Å². The molecule has 0 spiro atoms. The minimum atomic E-state index is -0.684. The fourth-order valence-electron chi connectivity index (χ4n) is 2.85. The molecule has 0 aliphatic carbocycles. The molecule has 2 aromatic carbocycles. The predicted molar refractivity (Wildman–Crippen MR) is 99.5 cm³/mol. The number of likely N-dealkylation sites (N-methyl/N-ethyl adjacent to an activating group) is 1. The van der Waals surface area contributed by atoms with Crippen molar-refractivity contribution in [3.63, 3.8) is 0 Å². The second-order valence-electron chi connectivity index (χ2n) is 6.02. The lowest BCUT2D eigenvalue weighted by Crippen LogP contribution is -2.35. The molecule has 0 saturated heterocycles. The molecule has 2 rings (SSSR count). The van der Waals surface area contributed by atoms with Crippen LogP contribution >= 0.6 is 0 Å². The van der Waals surface area contributed by atoms with E-state index in [-0.39, 0.29) is 12.6 Å². The zero-order valence-corrected chi connectivity index (χ0v) is 15.0. The summed E-state index contributed by atoms with van der Waals surface area (Å²) in [4.78, 5) is 14.8. The van der Waals surface area contributed by atoms with Crippen LogP contribution in [0.2, 0.25) is 0 Å². The molecule has 0 aliphatic heterocycles. The number of carbonyl (C=O) groups excluding carboxylic acids is 1. The van der Waals surface area contributed by atoms with Crippen LogP contribution in [0.5, 0.6) is 0 Å². The van der Waals surface area contributed by atoms with Crippen LogP contribution in [-0.4, -0.2) is 48.3 Å². The van der Waals surface area contributed by atoms with E-state index in [1.807, 2.05) is 74.5 Å². The Morgan fingerprint density at radius 3 is 1.88 bits per heavy atom. The maximum Gasteiger partial charge on any atom is 0.318 e. The number of hydrogen-bond acceptors (Lipinski definition) is 4. The highest BCUT2D eigenvalue weighted by Crippen LogP contribution is 2.26. The Kier molecular flexibility index (Phi) is 7.64. The summed E-state index contributed by atoms with van der Waals surface area (Å²) in [6.07, 6.45) is -0.684. The van der Waals surface area contributed by atoms with Gasteiger partial charge in [-0.25, -0.2) is 0 Å². The molecule has 2 aromatic rings. The van der Waals surface area contributed by atoms with E-state index in [4.69, 9.17) is 4.74 Å². The Balaban J connectivity index is 2.07. The van der Waals surface area contributed by atoms with Crippen molar-refractivity contribution < 1.29 is 14.6 Å². The summed E-state index contributed by atoms with van der Waals surface area (Å²) in [5.74, 6) is -0.820. The molecule has 0 heterocycles. The Morgan fingerprint density at radius 1 is 0.960 bits per heavy atom. The van der Waals surface area contributed by atoms with Crippen LogP contribution in [0.25, 0.3) is 0 Å². The number of rotatable bonds is 9. The number of aliphatic hydroxyl groups excluding tert-OH is 1. The summed E-state index contributed by atoms with van der Waals surface area (Å²) < 4.78 is 5.45. The van der Waals surface area contributed by atoms with Gasteiger partial charge in [0.2, 0.25) is 0 Å². The van der Waals surface area contributed by atoms with Gasteiger partial charge in [-0.2, -0.15) is 0 Å². The molecule has 0 saturated carbocycles. The van der Waals surface area contributed by atoms with Gasteiger partial charge in [0.15, 0.2) is 0 Å². The van der Waals surface area contributed by atoms with Crippen LogP contribution in [0.4, 0.5) is 0 Å². The Morgan fingerprint density at radius 2 is 1.44 bits per heavy atom. The summed E-state index contributed by atoms with van der Waals surface area (Å²) in [5, 5.41) is 10.1. The first-order valence-electron chi connectivity index (χ1n) is 8.82. The van der Waals surface area contributed by atoms with Crippen molar-refractivity contribution in [3.8, 4) is 0 Å². The molecular formula is C21H27NO3. The predicted octanol–water partition coefficient (Wildman–Crippen LogP) is 3.06. The average molecular weight is 341 g/mol. The first-order chi connectivity index (χ1) is 12.2. The molecule has 0 radical (unpaired) electrons. The third-order valence-corrected chi connectivity index (χ3v) is 4.28. The number of nitrogens with zero attached hydrogens (tertiary/aromatic N) is 1. The monoisotopic (exact) mass is 341 g/mol. The third-order valence-electron chi connectivity index (χ3n) is 4.28. The van der Waals surface area contributed by atoms with E-state index in [1.165, 1.54) is 0 Å². The Labute approximate surface area is 150 Å². The van der Waals surface area contributed by atoms with Gasteiger partial charge < -0.3 is 14.7 Å². The smallest absolute Gasteiger partial charge is 0.318 e. The number of ether oxygens (including phenoxy) is 1. The fourth-order valence-corrected chi connectivity index (χ4v) is 2.85. The lowest BCUT2D eigenvalue weighted by molar-refractivity contribution is -0.147. The zero-order chi connectivity index (χ0) is 18.1. The SMILES string of the molecule is CCN(CC)C[C@@H](O)COC(=O)C(c1ccccc1)c1ccccc1. The summed E-state index contributed by atoms with van der Waals surface area (Å²) in [6, 6.07) is 19.2. The van der Waals surface area contributed by atoms with Gasteiger partial charge in [-0.05, 0) is 24.2 Å². The molecule has 0 aromatic heterocycles. The molecule has 134 valence electrons. The molecule has 0 aliphatic rings. The van der Waals surface area contributed by atoms with Gasteiger partial charge in [0.05, 0.1) is 0 Å². The normalized spacial score (nSPS) is 12.4. The van der Waals surface area contributed by atoms with Crippen molar-refractivity contribution in [1.29, 1.82) is 0 Å². The van der Waals surface area contributed by atoms with Crippen molar-refractivity contribution in [1.82, 2.24) is 4.90 Å². The molecule has 4 nitrogen and oxygen atoms in total. The van der Waals surface area contributed by atoms with Gasteiger partial charge in [-0.1, -0.05) is 74.5 Å². The molecule has 0 amide bonds. The van der Waals surface area contributed by atoms with Crippen molar-refractivity contribution >= 4 is 5.97 Å². The van der Waals surface area contributed by atoms with E-state index in [1.54, 1.807) is 0 Å². The first-order valence-corrected chi connectivity index (χ1v) is 8.82. The standard InChI is InChI=1S/C21H27NO3/c1-3-22(4-2)15-19(23)16-25-21(24)20(17-11-7-5-8-12-17)18-13-9-6-10-14-18/h5-14,19-20,23H,3-4,15-16H2,1-2H3/t19-/m1/s1. The van der Waals surface area contributed by atoms with Crippen molar-refractivity contribution in [2.75, 3.05) is 26.2 Å². The van der Waals surface area contributed by atoms with E-state index in [0.717, 1.165) is 24.2 Å². The lowest BCUT2D eigenvalue weighted by atomic mass is 9.91. The quantitative estimate of drug-likeness (QED) is 0.712. The van der Waals surface area contributed by atoms with Gasteiger partial charge in [-0.15, -0.1) is 0 Å². The lowest BCUT2D eigenvalue weighted by Gasteiger charge is -2.23. The maximum absolute atomic E-state index is 12.7. The highest BCUT2D eigenvalue weighted by atomic mass is 16.5. The van der Waals surface area contributed by atoms with E-state index < -0.39 is 12.0 Å². The van der Waals surface area contributed by atoms with Crippen LogP contribution in [0.3, 0.4) is 0 Å². The minimum Gasteiger partial charge on any atom is -0.462 e. The van der Waals surface area contributed by atoms with Gasteiger partial charge in [-0.3, -0.25) is 4.79 Å². The van der Waals surface area contributed by atoms with Crippen LogP contribution < -0.4 is 0 Å². The minimum absolute atomic E-state index is 0.00546. The molecule has 25 heavy (non-hydrogen) atoms. The third kappa shape index (κ3) is 5.69. The number of hydrogen-bond donors (Lipinski definition) is 1. The highest BCUT2D eigenvalue weighted by molar-refractivity contribution is 5.82. The van der Waals surface area contributed by atoms with Crippen LogP contribution in [0, 0.1) is 0 Å². The van der Waals surface area contributed by atoms with Gasteiger partial charge in [0, 0.05) is 6.54 Å². The van der Waals surface area contributed by atoms with Gasteiger partial charge >= 0.3 is 5.97 Å². The number of aliphatic hydroxyl groups is 1. The topological polar surface area (TPSA) is 49.8 Å². The molecule has 0 fully saturated rings. The van der Waals surface area contributed by atoms with E-state index in [2.05, 4.69) is 4.90 Å². The molecule has 1 atom stereocenters. The summed E-state index contributed by atoms with van der Waals surface area (Å²) in [7, 11) is 0. The molecule has 1 N–H and O–H groups in total. The highest BCUT2D eigenvalue weighted by Gasteiger charge is 2.25. The largest absolute Gasteiger partial charge is 0.462 e. The zero-order valence-electron chi connectivity index (χ0n) is 15.0. The summed E-state index contributed by atoms with van der Waals surface area (Å²) in [6.45, 7) is 6.32. The van der Waals surface area contributed by atoms with Crippen molar-refractivity contribution in [3.05, 3.63) is 71.8 Å². The summed E-state index contributed by atoms with van der Waals surface area (Å²) >= 11 is 0. The summed E-state index contributed by atoms with van der Waals surface area (Å²) in [5.41, 5.74) is 1.77. The second kappa shape index (κ2) is 9.97. The Hall–Kier alpha value is -2.17. The average Bonchev–Trinajstić information content (AvgIpc) is 2.66. The van der Waals surface area contributed by atoms with Crippen molar-refractivity contribution in [2.45, 2.75) is 25.9 Å². The van der Waals surface area contributed by atoms with E-state index in [0.29, 0.717) is 6.54 Å².